The number of benzene rings is 1. The number of nitrogens with zero attached hydrogens (tertiary/aromatic N) is 2. The molecule has 2 aliphatic carbocycles. The predicted molar refractivity (Wildman–Crippen MR) is 170 cm³/mol. The molecule has 0 N–H and O–H groups in total. The van der Waals surface area contributed by atoms with Gasteiger partial charge in [-0.25, -0.2) is 0 Å². The van der Waals surface area contributed by atoms with Crippen molar-refractivity contribution in [1.82, 2.24) is 0 Å². The lowest BCUT2D eigenvalue weighted by Gasteiger charge is -2.30. The maximum atomic E-state index is 12.5. The highest BCUT2D eigenvalue weighted by atomic mass is 32.2. The maximum absolute atomic E-state index is 12.5. The van der Waals surface area contributed by atoms with Crippen LogP contribution in [0.5, 0.6) is 11.5 Å². The minimum atomic E-state index is -0.478. The first-order valence-electron chi connectivity index (χ1n) is 15.5. The van der Waals surface area contributed by atoms with Crippen molar-refractivity contribution in [1.29, 1.82) is 10.5 Å². The van der Waals surface area contributed by atoms with E-state index >= 15 is 0 Å². The quantitative estimate of drug-likeness (QED) is 0.203. The van der Waals surface area contributed by atoms with E-state index in [4.69, 9.17) is 18.9 Å². The van der Waals surface area contributed by atoms with Crippen molar-refractivity contribution >= 4 is 35.5 Å². The minimum absolute atomic E-state index is 0.0615. The van der Waals surface area contributed by atoms with Gasteiger partial charge >= 0.3 is 11.9 Å². The average molecular weight is 641 g/mol. The number of fused-ring (bicyclic) bond motifs is 1. The van der Waals surface area contributed by atoms with Gasteiger partial charge in [0.15, 0.2) is 0 Å². The molecule has 0 unspecified atom stereocenters. The molecule has 8 nitrogen and oxygen atoms in total. The van der Waals surface area contributed by atoms with E-state index in [9.17, 15) is 20.1 Å². The van der Waals surface area contributed by atoms with Crippen molar-refractivity contribution in [3.63, 3.8) is 0 Å². The predicted octanol–water partition coefficient (Wildman–Crippen LogP) is 8.20. The molecule has 1 heterocycles. The second-order valence-electron chi connectivity index (χ2n) is 13.9. The van der Waals surface area contributed by atoms with E-state index in [2.05, 4.69) is 0 Å². The second kappa shape index (κ2) is 14.5. The zero-order valence-corrected chi connectivity index (χ0v) is 28.3. The summed E-state index contributed by atoms with van der Waals surface area (Å²) in [6.45, 7) is 12.4. The average Bonchev–Trinajstić information content (AvgIpc) is 3.40. The van der Waals surface area contributed by atoms with Crippen molar-refractivity contribution in [2.24, 2.45) is 23.7 Å². The molecular weight excluding hydrogens is 597 g/mol. The standard InChI is InChI=1S/C34H44N2O6S2/c1-33(2,3)41-30(37)23-11-7-21(8-12-23)19-39-26-15-16-27(29-28(26)43-32(44-29)25(17-35)18-36)40-20-22-9-13-24(14-10-22)31(38)42-34(4,5)6/h15-16,21-24H,7-14,19-20H2,1-6H3. The van der Waals surface area contributed by atoms with Crippen LogP contribution in [0.1, 0.15) is 92.9 Å². The third-order valence-electron chi connectivity index (χ3n) is 7.98. The summed E-state index contributed by atoms with van der Waals surface area (Å²) in [6, 6.07) is 7.84. The molecule has 1 aromatic carbocycles. The number of esters is 2. The van der Waals surface area contributed by atoms with Gasteiger partial charge in [-0.05, 0) is 117 Å². The molecule has 0 bridgehead atoms. The van der Waals surface area contributed by atoms with Crippen LogP contribution in [0.15, 0.2) is 31.7 Å². The molecule has 0 radical (unpaired) electrons. The Hall–Kier alpha value is -2.82. The van der Waals surface area contributed by atoms with E-state index in [-0.39, 0.29) is 29.3 Å². The molecule has 1 aliphatic heterocycles. The van der Waals surface area contributed by atoms with E-state index in [1.54, 1.807) is 0 Å². The number of carbonyl (C=O) groups excluding carboxylic acids is 2. The van der Waals surface area contributed by atoms with E-state index in [0.29, 0.717) is 40.8 Å². The molecule has 4 rings (SSSR count). The van der Waals surface area contributed by atoms with Gasteiger partial charge in [-0.2, -0.15) is 10.5 Å². The lowest BCUT2D eigenvalue weighted by molar-refractivity contribution is -0.162. The van der Waals surface area contributed by atoms with Gasteiger partial charge in [-0.15, -0.1) is 0 Å². The summed E-state index contributed by atoms with van der Waals surface area (Å²) >= 11 is 2.76. The number of hydrogen-bond donors (Lipinski definition) is 0. The van der Waals surface area contributed by atoms with Gasteiger partial charge in [0.05, 0.1) is 39.1 Å². The van der Waals surface area contributed by atoms with Gasteiger partial charge in [-0.3, -0.25) is 9.59 Å². The molecule has 44 heavy (non-hydrogen) atoms. The molecule has 10 heteroatoms. The Labute approximate surface area is 270 Å². The monoisotopic (exact) mass is 640 g/mol. The van der Waals surface area contributed by atoms with Crippen molar-refractivity contribution < 1.29 is 28.5 Å². The third kappa shape index (κ3) is 9.34. The fraction of sp³-hybridized carbons (Fsp3) is 0.647. The van der Waals surface area contributed by atoms with Crippen LogP contribution in [0.3, 0.4) is 0 Å². The van der Waals surface area contributed by atoms with Crippen molar-refractivity contribution in [3.05, 3.63) is 21.9 Å². The van der Waals surface area contributed by atoms with E-state index in [1.807, 2.05) is 65.8 Å². The molecule has 0 spiro atoms. The summed E-state index contributed by atoms with van der Waals surface area (Å²) < 4.78 is 24.5. The van der Waals surface area contributed by atoms with Crippen LogP contribution >= 0.6 is 23.5 Å². The lowest BCUT2D eigenvalue weighted by Crippen LogP contribution is -2.31. The summed E-state index contributed by atoms with van der Waals surface area (Å²) in [5, 5.41) is 19.0. The van der Waals surface area contributed by atoms with Gasteiger partial charge in [0, 0.05) is 0 Å². The van der Waals surface area contributed by atoms with Crippen LogP contribution < -0.4 is 9.47 Å². The van der Waals surface area contributed by atoms with Gasteiger partial charge in [0.25, 0.3) is 0 Å². The topological polar surface area (TPSA) is 119 Å². The smallest absolute Gasteiger partial charge is 0.309 e. The highest BCUT2D eigenvalue weighted by molar-refractivity contribution is 8.24. The molecule has 238 valence electrons. The molecule has 1 aromatic rings. The number of nitriles is 2. The summed E-state index contributed by atoms with van der Waals surface area (Å²) in [6.07, 6.45) is 6.73. The highest BCUT2D eigenvalue weighted by Gasteiger charge is 2.33. The Morgan fingerprint density at radius 3 is 1.39 bits per heavy atom. The Morgan fingerprint density at radius 1 is 0.705 bits per heavy atom. The SMILES string of the molecule is CC(C)(C)OC(=O)C1CCC(COc2ccc(OCC3CCC(C(=O)OC(C)(C)C)CC3)c3c2SC(=C(C#N)C#N)S3)CC1. The minimum Gasteiger partial charge on any atom is -0.492 e. The van der Waals surface area contributed by atoms with Gasteiger partial charge in [0.1, 0.15) is 40.4 Å². The Morgan fingerprint density at radius 2 is 1.07 bits per heavy atom. The van der Waals surface area contributed by atoms with Crippen LogP contribution in [0.2, 0.25) is 0 Å². The molecule has 2 fully saturated rings. The number of rotatable bonds is 8. The number of carbonyl (C=O) groups is 2. The molecule has 3 aliphatic rings. The zero-order valence-electron chi connectivity index (χ0n) is 26.7. The van der Waals surface area contributed by atoms with Crippen LogP contribution in [-0.2, 0) is 19.1 Å². The summed E-state index contributed by atoms with van der Waals surface area (Å²) in [5.41, 5.74) is -0.878. The van der Waals surface area contributed by atoms with Gasteiger partial charge in [0.2, 0.25) is 0 Å². The fourth-order valence-electron chi connectivity index (χ4n) is 5.69. The van der Waals surface area contributed by atoms with Gasteiger partial charge in [-0.1, -0.05) is 23.5 Å². The van der Waals surface area contributed by atoms with Crippen molar-refractivity contribution in [3.8, 4) is 23.6 Å². The highest BCUT2D eigenvalue weighted by Crippen LogP contribution is 2.59. The number of ether oxygens (including phenoxy) is 4. The Kier molecular flexibility index (Phi) is 11.2. The third-order valence-corrected chi connectivity index (χ3v) is 10.6. The molecule has 2 saturated carbocycles. The van der Waals surface area contributed by atoms with Crippen LogP contribution in [0, 0.1) is 46.3 Å². The van der Waals surface area contributed by atoms with Gasteiger partial charge < -0.3 is 18.9 Å². The number of allylic oxidation sites excluding steroid dienone is 1. The molecule has 0 aromatic heterocycles. The summed E-state index contributed by atoms with van der Waals surface area (Å²) in [4.78, 5) is 26.7. The van der Waals surface area contributed by atoms with Crippen LogP contribution in [0.25, 0.3) is 0 Å². The molecule has 0 saturated heterocycles. The lowest BCUT2D eigenvalue weighted by atomic mass is 9.82. The van der Waals surface area contributed by atoms with E-state index in [0.717, 1.165) is 61.2 Å². The van der Waals surface area contributed by atoms with Crippen LogP contribution in [0.4, 0.5) is 0 Å². The number of thioether (sulfide) groups is 2. The van der Waals surface area contributed by atoms with Crippen molar-refractivity contribution in [2.45, 2.75) is 114 Å². The largest absolute Gasteiger partial charge is 0.492 e. The molecule has 0 atom stereocenters. The first kappa shape index (κ1) is 34.1. The molecule has 0 amide bonds. The first-order valence-corrected chi connectivity index (χ1v) is 17.2. The fourth-order valence-corrected chi connectivity index (χ4v) is 8.20. The summed E-state index contributed by atoms with van der Waals surface area (Å²) in [7, 11) is 0. The Bertz CT molecular complexity index is 1230. The second-order valence-corrected chi connectivity index (χ2v) is 16.2. The normalized spacial score (nSPS) is 23.5. The first-order chi connectivity index (χ1) is 20.8. The zero-order chi connectivity index (χ0) is 32.1. The van der Waals surface area contributed by atoms with E-state index in [1.165, 1.54) is 23.5 Å². The molecular formula is C34H44N2O6S2. The van der Waals surface area contributed by atoms with Crippen LogP contribution in [-0.4, -0.2) is 36.4 Å². The summed E-state index contributed by atoms with van der Waals surface area (Å²) in [5.74, 6) is 1.74. The van der Waals surface area contributed by atoms with Crippen molar-refractivity contribution in [2.75, 3.05) is 13.2 Å². The van der Waals surface area contributed by atoms with E-state index < -0.39 is 11.2 Å². The maximum Gasteiger partial charge on any atom is 0.309 e. The number of hydrogen-bond acceptors (Lipinski definition) is 10. The Balaban J connectivity index is 1.37.